The van der Waals surface area contributed by atoms with Crippen molar-refractivity contribution in [1.29, 1.82) is 0 Å². The van der Waals surface area contributed by atoms with Gasteiger partial charge in [-0.3, -0.25) is 10.1 Å². The number of carbonyl (C=O) groups excluding carboxylic acids is 1. The summed E-state index contributed by atoms with van der Waals surface area (Å²) in [4.78, 5) is 14.5. The van der Waals surface area contributed by atoms with Gasteiger partial charge in [0.2, 0.25) is 5.89 Å². The summed E-state index contributed by atoms with van der Waals surface area (Å²) in [5.74, 6) is 1.08. The van der Waals surface area contributed by atoms with E-state index in [9.17, 15) is 4.79 Å². The summed E-state index contributed by atoms with van der Waals surface area (Å²) in [6.07, 6.45) is 2.61. The molecule has 2 aromatic carbocycles. The van der Waals surface area contributed by atoms with E-state index in [1.807, 2.05) is 42.7 Å². The maximum absolute atomic E-state index is 12.2. The van der Waals surface area contributed by atoms with Crippen molar-refractivity contribution < 1.29 is 9.21 Å². The normalized spacial score (nSPS) is 10.6. The van der Waals surface area contributed by atoms with E-state index in [1.54, 1.807) is 29.6 Å². The zero-order chi connectivity index (χ0) is 17.5. The molecule has 0 bridgehead atoms. The van der Waals surface area contributed by atoms with E-state index >= 15 is 0 Å². The van der Waals surface area contributed by atoms with Gasteiger partial charge in [0.05, 0.1) is 0 Å². The van der Waals surface area contributed by atoms with Crippen LogP contribution < -0.4 is 5.32 Å². The van der Waals surface area contributed by atoms with Gasteiger partial charge in [0, 0.05) is 27.5 Å². The summed E-state index contributed by atoms with van der Waals surface area (Å²) in [5, 5.41) is 10.5. The lowest BCUT2D eigenvalue weighted by atomic mass is 10.2. The first-order valence-corrected chi connectivity index (χ1v) is 9.91. The van der Waals surface area contributed by atoms with E-state index in [2.05, 4.69) is 27.6 Å². The molecular weight excluding hydrogens is 354 g/mol. The van der Waals surface area contributed by atoms with E-state index in [0.29, 0.717) is 17.9 Å². The lowest BCUT2D eigenvalue weighted by Crippen LogP contribution is -2.12. The number of hydrogen-bond acceptors (Lipinski definition) is 6. The predicted molar refractivity (Wildman–Crippen MR) is 101 cm³/mol. The fourth-order valence-corrected chi connectivity index (χ4v) is 3.43. The molecule has 0 saturated carbocycles. The summed E-state index contributed by atoms with van der Waals surface area (Å²) in [6.45, 7) is 0. The molecule has 7 heteroatoms. The molecular formula is C18H17N3O2S2. The number of nitrogens with one attached hydrogen (secondary N) is 1. The molecule has 1 amide bonds. The average Bonchev–Trinajstić information content (AvgIpc) is 3.10. The molecule has 3 aromatic rings. The Kier molecular flexibility index (Phi) is 6.14. The highest BCUT2D eigenvalue weighted by atomic mass is 32.2. The van der Waals surface area contributed by atoms with Gasteiger partial charge in [0.1, 0.15) is 0 Å². The molecule has 0 spiro atoms. The number of thioether (sulfide) groups is 2. The Morgan fingerprint density at radius 2 is 1.88 bits per heavy atom. The Bertz CT molecular complexity index is 837. The molecule has 0 aliphatic heterocycles. The van der Waals surface area contributed by atoms with Crippen LogP contribution in [0.3, 0.4) is 0 Å². The van der Waals surface area contributed by atoms with Crippen molar-refractivity contribution in [1.82, 2.24) is 10.2 Å². The lowest BCUT2D eigenvalue weighted by molar-refractivity contribution is 0.102. The summed E-state index contributed by atoms with van der Waals surface area (Å²) >= 11 is 3.31. The van der Waals surface area contributed by atoms with E-state index in [0.717, 1.165) is 10.6 Å². The summed E-state index contributed by atoms with van der Waals surface area (Å²) in [6, 6.07) is 17.6. The molecule has 1 aromatic heterocycles. The van der Waals surface area contributed by atoms with Crippen LogP contribution in [0, 0.1) is 0 Å². The smallest absolute Gasteiger partial charge is 0.322 e. The van der Waals surface area contributed by atoms with Crippen molar-refractivity contribution in [2.45, 2.75) is 16.2 Å². The molecule has 3 rings (SSSR count). The minimum atomic E-state index is -0.259. The minimum absolute atomic E-state index is 0.124. The number of anilines is 1. The van der Waals surface area contributed by atoms with Crippen molar-refractivity contribution in [3.8, 4) is 0 Å². The molecule has 25 heavy (non-hydrogen) atoms. The number of aryl methyl sites for hydroxylation is 1. The monoisotopic (exact) mass is 371 g/mol. The van der Waals surface area contributed by atoms with E-state index in [-0.39, 0.29) is 11.9 Å². The molecule has 0 aliphatic rings. The topological polar surface area (TPSA) is 68.0 Å². The van der Waals surface area contributed by atoms with Crippen LogP contribution >= 0.6 is 23.5 Å². The second-order valence-electron chi connectivity index (χ2n) is 5.10. The van der Waals surface area contributed by atoms with Crippen molar-refractivity contribution >= 4 is 35.4 Å². The van der Waals surface area contributed by atoms with Gasteiger partial charge < -0.3 is 4.42 Å². The van der Waals surface area contributed by atoms with E-state index in [4.69, 9.17) is 4.42 Å². The molecule has 5 nitrogen and oxygen atoms in total. The number of carbonyl (C=O) groups is 1. The molecule has 0 radical (unpaired) electrons. The molecule has 0 atom stereocenters. The summed E-state index contributed by atoms with van der Waals surface area (Å²) < 4.78 is 5.50. The fraction of sp³-hybridized carbons (Fsp3) is 0.167. The van der Waals surface area contributed by atoms with Crippen LogP contribution in [0.25, 0.3) is 0 Å². The van der Waals surface area contributed by atoms with Crippen LogP contribution in [-0.4, -0.2) is 28.1 Å². The standard InChI is InChI=1S/C18H17N3O2S2/c1-24-15-9-5-6-13(12-15)17(22)19-18-21-20-16(23-18)10-11-25-14-7-3-2-4-8-14/h2-9,12H,10-11H2,1H3,(H,19,21,22). The van der Waals surface area contributed by atoms with Gasteiger partial charge in [0.15, 0.2) is 0 Å². The molecule has 0 fully saturated rings. The highest BCUT2D eigenvalue weighted by Crippen LogP contribution is 2.19. The number of aromatic nitrogens is 2. The molecule has 1 N–H and O–H groups in total. The Balaban J connectivity index is 1.53. The Hall–Kier alpha value is -2.25. The first-order valence-electron chi connectivity index (χ1n) is 7.70. The first-order chi connectivity index (χ1) is 12.2. The molecule has 0 saturated heterocycles. The molecule has 0 aliphatic carbocycles. The third kappa shape index (κ3) is 5.11. The molecule has 128 valence electrons. The maximum Gasteiger partial charge on any atom is 0.322 e. The highest BCUT2D eigenvalue weighted by Gasteiger charge is 2.12. The van der Waals surface area contributed by atoms with Gasteiger partial charge in [-0.05, 0) is 36.6 Å². The van der Waals surface area contributed by atoms with Gasteiger partial charge in [-0.2, -0.15) is 0 Å². The third-order valence-electron chi connectivity index (χ3n) is 3.35. The number of hydrogen-bond donors (Lipinski definition) is 1. The highest BCUT2D eigenvalue weighted by molar-refractivity contribution is 7.99. The number of rotatable bonds is 7. The fourth-order valence-electron chi connectivity index (χ4n) is 2.11. The largest absolute Gasteiger partial charge is 0.408 e. The van der Waals surface area contributed by atoms with Crippen molar-refractivity contribution in [3.05, 3.63) is 66.1 Å². The predicted octanol–water partition coefficient (Wildman–Crippen LogP) is 4.38. The zero-order valence-electron chi connectivity index (χ0n) is 13.6. The van der Waals surface area contributed by atoms with E-state index in [1.165, 1.54) is 4.90 Å². The van der Waals surface area contributed by atoms with Crippen molar-refractivity contribution in [2.24, 2.45) is 0 Å². The van der Waals surface area contributed by atoms with Crippen LogP contribution in [-0.2, 0) is 6.42 Å². The van der Waals surface area contributed by atoms with Gasteiger partial charge >= 0.3 is 6.01 Å². The molecule has 0 unspecified atom stereocenters. The summed E-state index contributed by atoms with van der Waals surface area (Å²) in [7, 11) is 0. The van der Waals surface area contributed by atoms with Crippen LogP contribution in [0.4, 0.5) is 6.01 Å². The zero-order valence-corrected chi connectivity index (χ0v) is 15.3. The minimum Gasteiger partial charge on any atom is -0.408 e. The Morgan fingerprint density at radius 1 is 1.08 bits per heavy atom. The number of benzene rings is 2. The van der Waals surface area contributed by atoms with Gasteiger partial charge in [0.25, 0.3) is 5.91 Å². The number of amides is 1. The summed E-state index contributed by atoms with van der Waals surface area (Å²) in [5.41, 5.74) is 0.561. The quantitative estimate of drug-likeness (QED) is 0.622. The first kappa shape index (κ1) is 17.6. The second-order valence-corrected chi connectivity index (χ2v) is 7.15. The van der Waals surface area contributed by atoms with Crippen molar-refractivity contribution in [2.75, 3.05) is 17.3 Å². The Labute approximate surface area is 154 Å². The van der Waals surface area contributed by atoms with Gasteiger partial charge in [-0.1, -0.05) is 29.4 Å². The van der Waals surface area contributed by atoms with Crippen LogP contribution in [0.5, 0.6) is 0 Å². The number of nitrogens with zero attached hydrogens (tertiary/aromatic N) is 2. The SMILES string of the molecule is CSc1cccc(C(=O)Nc2nnc(CCSc3ccccc3)o2)c1. The second kappa shape index (κ2) is 8.73. The lowest BCUT2D eigenvalue weighted by Gasteiger charge is -2.02. The van der Waals surface area contributed by atoms with Crippen molar-refractivity contribution in [3.63, 3.8) is 0 Å². The van der Waals surface area contributed by atoms with Crippen LogP contribution in [0.15, 0.2) is 68.8 Å². The maximum atomic E-state index is 12.2. The Morgan fingerprint density at radius 3 is 2.68 bits per heavy atom. The average molecular weight is 371 g/mol. The van der Waals surface area contributed by atoms with Gasteiger partial charge in [-0.15, -0.1) is 28.6 Å². The molecule has 1 heterocycles. The van der Waals surface area contributed by atoms with E-state index < -0.39 is 0 Å². The van der Waals surface area contributed by atoms with Crippen LogP contribution in [0.2, 0.25) is 0 Å². The third-order valence-corrected chi connectivity index (χ3v) is 5.09. The van der Waals surface area contributed by atoms with Crippen LogP contribution in [0.1, 0.15) is 16.2 Å². The van der Waals surface area contributed by atoms with Gasteiger partial charge in [-0.25, -0.2) is 0 Å².